The van der Waals surface area contributed by atoms with Crippen LogP contribution in [0.2, 0.25) is 0 Å². The minimum absolute atomic E-state index is 0.232. The standard InChI is InChI=1S/C26H21BrFN3O2S/c1-16-25(23-15-24(31(30-23)34(2,32)33)19-10-6-7-11-21(19)28)26(17-8-4-3-5-9-17)20-14-18(27)12-13-22(20)29-16/h3-14,24H,15H2,1-2H3/t24-/m0/s1. The third-order valence-electron chi connectivity index (χ3n) is 5.96. The van der Waals surface area contributed by atoms with Crippen molar-refractivity contribution in [3.63, 3.8) is 0 Å². The highest BCUT2D eigenvalue weighted by molar-refractivity contribution is 9.10. The van der Waals surface area contributed by atoms with Crippen LogP contribution in [-0.2, 0) is 10.0 Å². The number of hydrogen-bond donors (Lipinski definition) is 0. The van der Waals surface area contributed by atoms with Gasteiger partial charge in [-0.05, 0) is 36.8 Å². The zero-order valence-electron chi connectivity index (χ0n) is 18.5. The summed E-state index contributed by atoms with van der Waals surface area (Å²) in [7, 11) is -3.75. The Kier molecular flexibility index (Phi) is 5.73. The number of aromatic nitrogens is 1. The largest absolute Gasteiger partial charge is 0.252 e. The minimum atomic E-state index is -3.75. The van der Waals surface area contributed by atoms with E-state index in [1.165, 1.54) is 6.07 Å². The van der Waals surface area contributed by atoms with Crippen LogP contribution in [0.25, 0.3) is 22.0 Å². The fraction of sp³-hybridized carbons (Fsp3) is 0.154. The lowest BCUT2D eigenvalue weighted by Gasteiger charge is -2.21. The van der Waals surface area contributed by atoms with Crippen molar-refractivity contribution in [2.75, 3.05) is 6.26 Å². The normalized spacial score (nSPS) is 16.2. The van der Waals surface area contributed by atoms with Gasteiger partial charge in [0.15, 0.2) is 0 Å². The molecule has 2 heterocycles. The minimum Gasteiger partial charge on any atom is -0.252 e. The summed E-state index contributed by atoms with van der Waals surface area (Å²) in [6.07, 6.45) is 1.32. The van der Waals surface area contributed by atoms with Crippen molar-refractivity contribution in [3.05, 3.63) is 99.9 Å². The molecule has 0 spiro atoms. The second-order valence-corrected chi connectivity index (χ2v) is 11.1. The molecule has 0 fully saturated rings. The number of rotatable bonds is 4. The SMILES string of the molecule is Cc1nc2ccc(Br)cc2c(-c2ccccc2)c1C1=NN(S(C)(=O)=O)[C@H](c2ccccc2F)C1. The van der Waals surface area contributed by atoms with Crippen molar-refractivity contribution >= 4 is 42.6 Å². The number of hydrogen-bond acceptors (Lipinski definition) is 4. The molecule has 0 saturated carbocycles. The smallest absolute Gasteiger partial charge is 0.247 e. The van der Waals surface area contributed by atoms with E-state index in [9.17, 15) is 12.8 Å². The molecule has 0 saturated heterocycles. The monoisotopic (exact) mass is 537 g/mol. The molecule has 5 rings (SSSR count). The zero-order chi connectivity index (χ0) is 24.0. The first-order valence-electron chi connectivity index (χ1n) is 10.7. The molecule has 172 valence electrons. The van der Waals surface area contributed by atoms with E-state index in [1.54, 1.807) is 18.2 Å². The van der Waals surface area contributed by atoms with E-state index in [-0.39, 0.29) is 6.42 Å². The first kappa shape index (κ1) is 22.7. The van der Waals surface area contributed by atoms with E-state index in [1.807, 2.05) is 55.5 Å². The Bertz CT molecular complexity index is 1560. The van der Waals surface area contributed by atoms with Crippen molar-refractivity contribution in [2.24, 2.45) is 5.10 Å². The number of pyridine rings is 1. The van der Waals surface area contributed by atoms with Crippen LogP contribution in [0.4, 0.5) is 4.39 Å². The van der Waals surface area contributed by atoms with Gasteiger partial charge >= 0.3 is 0 Å². The first-order valence-corrected chi connectivity index (χ1v) is 13.3. The van der Waals surface area contributed by atoms with E-state index in [0.29, 0.717) is 11.3 Å². The Balaban J connectivity index is 1.78. The van der Waals surface area contributed by atoms with Gasteiger partial charge in [0.1, 0.15) is 5.82 Å². The van der Waals surface area contributed by atoms with Crippen LogP contribution in [-0.4, -0.2) is 29.8 Å². The summed E-state index contributed by atoms with van der Waals surface area (Å²) in [5.41, 5.74) is 5.07. The van der Waals surface area contributed by atoms with Gasteiger partial charge in [0.2, 0.25) is 10.0 Å². The molecular weight excluding hydrogens is 517 g/mol. The highest BCUT2D eigenvalue weighted by Gasteiger charge is 2.37. The number of sulfonamides is 1. The molecule has 0 unspecified atom stereocenters. The maximum absolute atomic E-state index is 14.7. The lowest BCUT2D eigenvalue weighted by Crippen LogP contribution is -2.26. The lowest BCUT2D eigenvalue weighted by molar-refractivity contribution is 0.365. The van der Waals surface area contributed by atoms with Gasteiger partial charge in [-0.25, -0.2) is 12.8 Å². The quantitative estimate of drug-likeness (QED) is 0.310. The highest BCUT2D eigenvalue weighted by atomic mass is 79.9. The molecule has 8 heteroatoms. The summed E-state index contributed by atoms with van der Waals surface area (Å²) in [4.78, 5) is 4.81. The Morgan fingerprint density at radius 1 is 1.00 bits per heavy atom. The molecular formula is C26H21BrFN3O2S. The lowest BCUT2D eigenvalue weighted by atomic mass is 9.89. The molecule has 0 N–H and O–H groups in total. The van der Waals surface area contributed by atoms with Crippen LogP contribution < -0.4 is 0 Å². The van der Waals surface area contributed by atoms with Gasteiger partial charge in [0.25, 0.3) is 0 Å². The molecule has 1 aliphatic heterocycles. The predicted octanol–water partition coefficient (Wildman–Crippen LogP) is 6.22. The van der Waals surface area contributed by atoms with Gasteiger partial charge < -0.3 is 0 Å². The van der Waals surface area contributed by atoms with Crippen molar-refractivity contribution < 1.29 is 12.8 Å². The molecule has 1 aromatic heterocycles. The molecule has 0 aliphatic carbocycles. The second kappa shape index (κ2) is 8.60. The number of fused-ring (bicyclic) bond motifs is 1. The fourth-order valence-corrected chi connectivity index (χ4v) is 5.80. The molecule has 1 atom stereocenters. The van der Waals surface area contributed by atoms with Gasteiger partial charge in [-0.3, -0.25) is 4.98 Å². The van der Waals surface area contributed by atoms with E-state index in [0.717, 1.165) is 48.4 Å². The van der Waals surface area contributed by atoms with Crippen molar-refractivity contribution in [1.29, 1.82) is 0 Å². The Labute approximate surface area is 206 Å². The first-order chi connectivity index (χ1) is 16.2. The molecule has 5 nitrogen and oxygen atoms in total. The maximum atomic E-state index is 14.7. The molecule has 4 aromatic rings. The zero-order valence-corrected chi connectivity index (χ0v) is 20.9. The molecule has 0 bridgehead atoms. The van der Waals surface area contributed by atoms with Crippen LogP contribution in [0.3, 0.4) is 0 Å². The van der Waals surface area contributed by atoms with Gasteiger partial charge in [-0.2, -0.15) is 9.52 Å². The molecule has 0 radical (unpaired) electrons. The number of hydrazone groups is 1. The Morgan fingerprint density at radius 2 is 1.71 bits per heavy atom. The third-order valence-corrected chi connectivity index (χ3v) is 7.46. The van der Waals surface area contributed by atoms with Crippen molar-refractivity contribution in [1.82, 2.24) is 9.40 Å². The van der Waals surface area contributed by atoms with Crippen LogP contribution in [0, 0.1) is 12.7 Å². The number of aryl methyl sites for hydroxylation is 1. The van der Waals surface area contributed by atoms with Crippen LogP contribution in [0.15, 0.2) is 82.4 Å². The summed E-state index contributed by atoms with van der Waals surface area (Å²) in [6.45, 7) is 1.90. The van der Waals surface area contributed by atoms with E-state index in [2.05, 4.69) is 21.0 Å². The summed E-state index contributed by atoms with van der Waals surface area (Å²) in [5.74, 6) is -0.460. The van der Waals surface area contributed by atoms with Crippen LogP contribution in [0.1, 0.15) is 29.3 Å². The van der Waals surface area contributed by atoms with Crippen LogP contribution in [0.5, 0.6) is 0 Å². The fourth-order valence-electron chi connectivity index (χ4n) is 4.54. The van der Waals surface area contributed by atoms with Gasteiger partial charge in [-0.1, -0.05) is 64.5 Å². The predicted molar refractivity (Wildman–Crippen MR) is 137 cm³/mol. The average molecular weight is 538 g/mol. The van der Waals surface area contributed by atoms with Gasteiger partial charge in [0.05, 0.1) is 23.5 Å². The Hall–Kier alpha value is -3.10. The number of nitrogens with zero attached hydrogens (tertiary/aromatic N) is 3. The molecule has 3 aromatic carbocycles. The third kappa shape index (κ3) is 4.01. The summed E-state index contributed by atoms with van der Waals surface area (Å²) in [5, 5.41) is 5.47. The number of benzene rings is 3. The van der Waals surface area contributed by atoms with Crippen molar-refractivity contribution in [2.45, 2.75) is 19.4 Å². The van der Waals surface area contributed by atoms with Crippen LogP contribution >= 0.6 is 15.9 Å². The van der Waals surface area contributed by atoms with Gasteiger partial charge in [-0.15, -0.1) is 0 Å². The van der Waals surface area contributed by atoms with Crippen molar-refractivity contribution in [3.8, 4) is 11.1 Å². The highest BCUT2D eigenvalue weighted by Crippen LogP contribution is 2.41. The maximum Gasteiger partial charge on any atom is 0.247 e. The molecule has 1 aliphatic rings. The van der Waals surface area contributed by atoms with Gasteiger partial charge in [0, 0.05) is 38.7 Å². The second-order valence-electron chi connectivity index (χ2n) is 8.30. The van der Waals surface area contributed by atoms with E-state index in [4.69, 9.17) is 4.98 Å². The summed E-state index contributed by atoms with van der Waals surface area (Å²) < 4.78 is 42.0. The molecule has 0 amide bonds. The van der Waals surface area contributed by atoms with E-state index < -0.39 is 21.9 Å². The average Bonchev–Trinajstić information content (AvgIpc) is 3.25. The topological polar surface area (TPSA) is 62.6 Å². The number of halogens is 2. The van der Waals surface area contributed by atoms with E-state index >= 15 is 0 Å². The molecule has 34 heavy (non-hydrogen) atoms. The Morgan fingerprint density at radius 3 is 2.41 bits per heavy atom. The summed E-state index contributed by atoms with van der Waals surface area (Å²) in [6, 6.07) is 21.2. The summed E-state index contributed by atoms with van der Waals surface area (Å²) >= 11 is 3.56.